The van der Waals surface area contributed by atoms with Crippen LogP contribution in [0, 0.1) is 18.6 Å². The molecule has 10 heteroatoms. The van der Waals surface area contributed by atoms with Crippen molar-refractivity contribution in [3.8, 4) is 5.88 Å². The zero-order valence-corrected chi connectivity index (χ0v) is 15.3. The van der Waals surface area contributed by atoms with Crippen molar-refractivity contribution < 1.29 is 36.2 Å². The summed E-state index contributed by atoms with van der Waals surface area (Å²) in [7, 11) is 0. The Bertz CT molecular complexity index is 1060. The lowest BCUT2D eigenvalue weighted by molar-refractivity contribution is -0.141. The number of aromatic nitrogens is 2. The van der Waals surface area contributed by atoms with E-state index in [4.69, 9.17) is 9.47 Å². The first-order chi connectivity index (χ1) is 13.6. The van der Waals surface area contributed by atoms with Crippen molar-refractivity contribution in [1.82, 2.24) is 9.61 Å². The number of hydrogen-bond donors (Lipinski definition) is 0. The molecule has 0 aliphatic carbocycles. The molecule has 3 rings (SSSR count). The third-order valence-electron chi connectivity index (χ3n) is 4.02. The molecule has 2 aromatic heterocycles. The Morgan fingerprint density at radius 1 is 1.17 bits per heavy atom. The number of pyridine rings is 1. The second kappa shape index (κ2) is 7.69. The molecule has 0 saturated carbocycles. The van der Waals surface area contributed by atoms with Gasteiger partial charge in [0, 0.05) is 6.07 Å². The molecule has 0 amide bonds. The second-order valence-corrected chi connectivity index (χ2v) is 6.10. The third-order valence-corrected chi connectivity index (χ3v) is 4.02. The molecule has 0 spiro atoms. The maximum absolute atomic E-state index is 13.8. The van der Waals surface area contributed by atoms with Crippen molar-refractivity contribution in [1.29, 1.82) is 0 Å². The molecule has 2 heterocycles. The molecule has 29 heavy (non-hydrogen) atoms. The van der Waals surface area contributed by atoms with Crippen LogP contribution >= 0.6 is 0 Å². The monoisotopic (exact) mass is 414 g/mol. The summed E-state index contributed by atoms with van der Waals surface area (Å²) in [6.45, 7) is 2.30. The predicted octanol–water partition coefficient (Wildman–Crippen LogP) is 4.70. The van der Waals surface area contributed by atoms with Crippen LogP contribution in [0.3, 0.4) is 0 Å². The van der Waals surface area contributed by atoms with Crippen molar-refractivity contribution in [2.24, 2.45) is 0 Å². The number of hydrogen-bond acceptors (Lipinski definition) is 4. The van der Waals surface area contributed by atoms with Gasteiger partial charge in [-0.3, -0.25) is 0 Å². The van der Waals surface area contributed by atoms with Crippen LogP contribution in [0.25, 0.3) is 5.52 Å². The minimum atomic E-state index is -4.93. The number of alkyl halides is 3. The number of fused-ring (bicyclic) bond motifs is 1. The standard InChI is InChI=1S/C19H15F5N2O3/c1-3-28-18(27)16-14-7-10(2)8-15(26(14)25-17(16)19(22,23)24)29-9-11-12(20)5-4-6-13(11)21/h4-8H,3,9H2,1-2H3. The highest BCUT2D eigenvalue weighted by atomic mass is 19.4. The Morgan fingerprint density at radius 2 is 1.83 bits per heavy atom. The Balaban J connectivity index is 2.12. The Kier molecular flexibility index (Phi) is 5.45. The Labute approximate surface area is 161 Å². The third kappa shape index (κ3) is 4.01. The van der Waals surface area contributed by atoms with Gasteiger partial charge in [0.15, 0.2) is 5.69 Å². The van der Waals surface area contributed by atoms with E-state index in [1.165, 1.54) is 25.1 Å². The molecule has 0 aliphatic rings. The molecular weight excluding hydrogens is 399 g/mol. The van der Waals surface area contributed by atoms with Crippen LogP contribution in [0.4, 0.5) is 22.0 Å². The number of carbonyl (C=O) groups excluding carboxylic acids is 1. The van der Waals surface area contributed by atoms with Gasteiger partial charge in [0.05, 0.1) is 17.7 Å². The minimum absolute atomic E-state index is 0.130. The summed E-state index contributed by atoms with van der Waals surface area (Å²) in [4.78, 5) is 12.2. The minimum Gasteiger partial charge on any atom is -0.473 e. The smallest absolute Gasteiger partial charge is 0.436 e. The number of halogens is 5. The fraction of sp³-hybridized carbons (Fsp3) is 0.263. The van der Waals surface area contributed by atoms with Crippen molar-refractivity contribution in [2.75, 3.05) is 6.61 Å². The van der Waals surface area contributed by atoms with Crippen LogP contribution in [0.5, 0.6) is 5.88 Å². The van der Waals surface area contributed by atoms with Gasteiger partial charge >= 0.3 is 12.1 Å². The van der Waals surface area contributed by atoms with E-state index < -0.39 is 47.2 Å². The lowest BCUT2D eigenvalue weighted by atomic mass is 10.1. The van der Waals surface area contributed by atoms with Crippen LogP contribution in [0.1, 0.15) is 34.1 Å². The van der Waals surface area contributed by atoms with Crippen molar-refractivity contribution in [3.05, 3.63) is 64.4 Å². The van der Waals surface area contributed by atoms with Crippen LogP contribution in [0.15, 0.2) is 30.3 Å². The molecule has 0 aliphatic heterocycles. The van der Waals surface area contributed by atoms with E-state index in [0.29, 0.717) is 5.56 Å². The van der Waals surface area contributed by atoms with Crippen LogP contribution in [-0.2, 0) is 17.5 Å². The number of nitrogens with zero attached hydrogens (tertiary/aromatic N) is 2. The van der Waals surface area contributed by atoms with Gasteiger partial charge < -0.3 is 9.47 Å². The summed E-state index contributed by atoms with van der Waals surface area (Å²) in [5.74, 6) is -3.13. The molecule has 0 radical (unpaired) electrons. The van der Waals surface area contributed by atoms with E-state index in [0.717, 1.165) is 16.6 Å². The largest absolute Gasteiger partial charge is 0.473 e. The van der Waals surface area contributed by atoms with Gasteiger partial charge in [-0.1, -0.05) is 6.07 Å². The van der Waals surface area contributed by atoms with E-state index in [-0.39, 0.29) is 18.0 Å². The molecular formula is C19H15F5N2O3. The first-order valence-electron chi connectivity index (χ1n) is 8.46. The molecule has 154 valence electrons. The van der Waals surface area contributed by atoms with E-state index in [9.17, 15) is 26.7 Å². The molecule has 0 N–H and O–H groups in total. The van der Waals surface area contributed by atoms with Gasteiger partial charge in [-0.15, -0.1) is 0 Å². The lowest BCUT2D eigenvalue weighted by Gasteiger charge is -2.11. The highest BCUT2D eigenvalue weighted by Crippen LogP contribution is 2.35. The number of rotatable bonds is 5. The molecule has 3 aromatic rings. The van der Waals surface area contributed by atoms with Gasteiger partial charge in [0.2, 0.25) is 5.88 Å². The first-order valence-corrected chi connectivity index (χ1v) is 8.46. The summed E-state index contributed by atoms with van der Waals surface area (Å²) in [5, 5.41) is 3.46. The molecule has 1 aromatic carbocycles. The quantitative estimate of drug-likeness (QED) is 0.449. The molecule has 5 nitrogen and oxygen atoms in total. The number of aryl methyl sites for hydroxylation is 1. The number of carbonyl (C=O) groups is 1. The highest BCUT2D eigenvalue weighted by Gasteiger charge is 2.41. The van der Waals surface area contributed by atoms with E-state index in [1.54, 1.807) is 6.92 Å². The SMILES string of the molecule is CCOC(=O)c1c(C(F)(F)F)nn2c(OCc3c(F)cccc3F)cc(C)cc12. The lowest BCUT2D eigenvalue weighted by Crippen LogP contribution is -2.14. The average Bonchev–Trinajstić information content (AvgIpc) is 3.01. The van der Waals surface area contributed by atoms with Gasteiger partial charge in [0.1, 0.15) is 23.8 Å². The summed E-state index contributed by atoms with van der Waals surface area (Å²) < 4.78 is 78.8. The number of benzene rings is 1. The molecule has 0 bridgehead atoms. The van der Waals surface area contributed by atoms with Crippen molar-refractivity contribution >= 4 is 11.5 Å². The van der Waals surface area contributed by atoms with Gasteiger partial charge in [0.25, 0.3) is 0 Å². The maximum atomic E-state index is 13.8. The van der Waals surface area contributed by atoms with Gasteiger partial charge in [-0.05, 0) is 37.6 Å². The predicted molar refractivity (Wildman–Crippen MR) is 91.6 cm³/mol. The van der Waals surface area contributed by atoms with Gasteiger partial charge in [-0.25, -0.2) is 13.6 Å². The van der Waals surface area contributed by atoms with Crippen molar-refractivity contribution in [2.45, 2.75) is 26.6 Å². The Hall–Kier alpha value is -3.17. The zero-order chi connectivity index (χ0) is 21.3. The summed E-state index contributed by atoms with van der Waals surface area (Å²) in [6.07, 6.45) is -4.93. The highest BCUT2D eigenvalue weighted by molar-refractivity contribution is 5.98. The normalized spacial score (nSPS) is 11.7. The fourth-order valence-corrected chi connectivity index (χ4v) is 2.77. The average molecular weight is 414 g/mol. The van der Waals surface area contributed by atoms with E-state index >= 15 is 0 Å². The molecule has 0 fully saturated rings. The topological polar surface area (TPSA) is 52.8 Å². The summed E-state index contributed by atoms with van der Waals surface area (Å²) in [6, 6.07) is 5.89. The fourth-order valence-electron chi connectivity index (χ4n) is 2.77. The van der Waals surface area contributed by atoms with Gasteiger partial charge in [-0.2, -0.15) is 22.8 Å². The number of esters is 1. The van der Waals surface area contributed by atoms with Crippen LogP contribution in [-0.4, -0.2) is 22.2 Å². The maximum Gasteiger partial charge on any atom is 0.436 e. The molecule has 0 atom stereocenters. The number of ether oxygens (including phenoxy) is 2. The molecule has 0 unspecified atom stereocenters. The van der Waals surface area contributed by atoms with Crippen molar-refractivity contribution in [3.63, 3.8) is 0 Å². The van der Waals surface area contributed by atoms with E-state index in [1.807, 2.05) is 0 Å². The van der Waals surface area contributed by atoms with Crippen LogP contribution < -0.4 is 4.74 Å². The first kappa shape index (κ1) is 20.6. The van der Waals surface area contributed by atoms with E-state index in [2.05, 4.69) is 5.10 Å². The van der Waals surface area contributed by atoms with Crippen LogP contribution in [0.2, 0.25) is 0 Å². The zero-order valence-electron chi connectivity index (χ0n) is 15.3. The summed E-state index contributed by atoms with van der Waals surface area (Å²) >= 11 is 0. The second-order valence-electron chi connectivity index (χ2n) is 6.10. The Morgan fingerprint density at radius 3 is 2.41 bits per heavy atom. The summed E-state index contributed by atoms with van der Waals surface area (Å²) in [5.41, 5.74) is -2.34. The molecule has 0 saturated heterocycles.